The Morgan fingerprint density at radius 2 is 2.33 bits per heavy atom. The molecule has 0 aromatic heterocycles. The zero-order valence-corrected chi connectivity index (χ0v) is 10.7. The minimum atomic E-state index is -0.409. The van der Waals surface area contributed by atoms with Crippen molar-refractivity contribution in [2.45, 2.75) is 17.4 Å². The molecule has 2 rings (SSSR count). The Labute approximate surface area is 110 Å². The zero-order valence-electron chi connectivity index (χ0n) is 9.87. The molecule has 1 aliphatic rings. The van der Waals surface area contributed by atoms with E-state index >= 15 is 0 Å². The van der Waals surface area contributed by atoms with Crippen molar-refractivity contribution in [2.75, 3.05) is 18.8 Å². The third kappa shape index (κ3) is 2.84. The van der Waals surface area contributed by atoms with Crippen molar-refractivity contribution in [1.29, 1.82) is 5.26 Å². The summed E-state index contributed by atoms with van der Waals surface area (Å²) >= 11 is 1.36. The summed E-state index contributed by atoms with van der Waals surface area (Å²) in [5.74, 6) is 0.264. The summed E-state index contributed by atoms with van der Waals surface area (Å²) in [6, 6.07) is 9.35. The molecule has 0 radical (unpaired) electrons. The van der Waals surface area contributed by atoms with Crippen LogP contribution in [0.15, 0.2) is 29.2 Å². The number of aliphatic hydroxyl groups is 1. The van der Waals surface area contributed by atoms with Gasteiger partial charge in [-0.25, -0.2) is 0 Å². The fourth-order valence-corrected chi connectivity index (χ4v) is 2.68. The second-order valence-corrected chi connectivity index (χ2v) is 5.15. The molecule has 1 atom stereocenters. The summed E-state index contributed by atoms with van der Waals surface area (Å²) < 4.78 is 0. The number of hydrogen-bond donors (Lipinski definition) is 1. The van der Waals surface area contributed by atoms with Crippen LogP contribution >= 0.6 is 11.8 Å². The molecule has 1 unspecified atom stereocenters. The van der Waals surface area contributed by atoms with Gasteiger partial charge >= 0.3 is 0 Å². The van der Waals surface area contributed by atoms with Gasteiger partial charge in [-0.05, 0) is 18.6 Å². The molecule has 1 N–H and O–H groups in total. The molecule has 18 heavy (non-hydrogen) atoms. The van der Waals surface area contributed by atoms with Gasteiger partial charge in [-0.3, -0.25) is 4.79 Å². The number of benzene rings is 1. The first-order valence-electron chi connectivity index (χ1n) is 5.78. The van der Waals surface area contributed by atoms with Crippen LogP contribution in [0.5, 0.6) is 0 Å². The average molecular weight is 262 g/mol. The Morgan fingerprint density at radius 1 is 1.56 bits per heavy atom. The van der Waals surface area contributed by atoms with E-state index in [4.69, 9.17) is 5.26 Å². The molecule has 0 spiro atoms. The Hall–Kier alpha value is -1.51. The number of β-amino-alcohol motifs (C(OH)–C–C–N with tert-alkyl or cyclic N) is 1. The van der Waals surface area contributed by atoms with E-state index in [-0.39, 0.29) is 5.91 Å². The van der Waals surface area contributed by atoms with Gasteiger partial charge in [0, 0.05) is 18.0 Å². The number of thioether (sulfide) groups is 1. The van der Waals surface area contributed by atoms with Crippen LogP contribution in [0.1, 0.15) is 16.8 Å². The van der Waals surface area contributed by atoms with Crippen molar-refractivity contribution in [1.82, 2.24) is 4.90 Å². The second-order valence-electron chi connectivity index (χ2n) is 4.14. The molecule has 1 heterocycles. The fourth-order valence-electron chi connectivity index (χ4n) is 1.98. The molecular weight excluding hydrogens is 248 g/mol. The fraction of sp³-hybridized carbons (Fsp3) is 0.385. The van der Waals surface area contributed by atoms with E-state index in [9.17, 15) is 9.90 Å². The first-order valence-corrected chi connectivity index (χ1v) is 6.77. The van der Waals surface area contributed by atoms with Crippen molar-refractivity contribution in [2.24, 2.45) is 0 Å². The minimum absolute atomic E-state index is 0.0624. The van der Waals surface area contributed by atoms with Crippen LogP contribution in [-0.2, 0) is 0 Å². The number of carbonyl (C=O) groups excluding carboxylic acids is 1. The van der Waals surface area contributed by atoms with E-state index in [0.717, 1.165) is 4.90 Å². The SMILES string of the molecule is N#CCSc1ccccc1C(=O)N1CCC(O)C1. The lowest BCUT2D eigenvalue weighted by molar-refractivity contribution is 0.0761. The predicted molar refractivity (Wildman–Crippen MR) is 69.3 cm³/mol. The van der Waals surface area contributed by atoms with Crippen molar-refractivity contribution in [3.63, 3.8) is 0 Å². The molecule has 0 saturated carbocycles. The van der Waals surface area contributed by atoms with E-state index < -0.39 is 6.10 Å². The first-order chi connectivity index (χ1) is 8.72. The van der Waals surface area contributed by atoms with Gasteiger partial charge in [0.15, 0.2) is 0 Å². The molecule has 1 saturated heterocycles. The highest BCUT2D eigenvalue weighted by molar-refractivity contribution is 7.99. The highest BCUT2D eigenvalue weighted by atomic mass is 32.2. The van der Waals surface area contributed by atoms with Crippen molar-refractivity contribution >= 4 is 17.7 Å². The summed E-state index contributed by atoms with van der Waals surface area (Å²) in [5, 5.41) is 18.1. The third-order valence-electron chi connectivity index (χ3n) is 2.86. The van der Waals surface area contributed by atoms with E-state index in [0.29, 0.717) is 30.8 Å². The van der Waals surface area contributed by atoms with Crippen molar-refractivity contribution in [3.8, 4) is 6.07 Å². The van der Waals surface area contributed by atoms with Crippen LogP contribution in [-0.4, -0.2) is 40.9 Å². The molecular formula is C13H14N2O2S. The number of amides is 1. The highest BCUT2D eigenvalue weighted by Gasteiger charge is 2.26. The zero-order chi connectivity index (χ0) is 13.0. The highest BCUT2D eigenvalue weighted by Crippen LogP contribution is 2.24. The molecule has 4 nitrogen and oxygen atoms in total. The van der Waals surface area contributed by atoms with Gasteiger partial charge in [0.1, 0.15) is 0 Å². The van der Waals surface area contributed by atoms with Gasteiger partial charge in [-0.1, -0.05) is 12.1 Å². The van der Waals surface area contributed by atoms with Crippen molar-refractivity contribution < 1.29 is 9.90 Å². The summed E-state index contributed by atoms with van der Waals surface area (Å²) in [6.45, 7) is 0.993. The van der Waals surface area contributed by atoms with E-state index in [1.807, 2.05) is 18.2 Å². The lowest BCUT2D eigenvalue weighted by Crippen LogP contribution is -2.29. The van der Waals surface area contributed by atoms with Crippen LogP contribution in [0.4, 0.5) is 0 Å². The number of aliphatic hydroxyl groups excluding tert-OH is 1. The van der Waals surface area contributed by atoms with Crippen LogP contribution in [0.3, 0.4) is 0 Å². The Morgan fingerprint density at radius 3 is 3.00 bits per heavy atom. The van der Waals surface area contributed by atoms with E-state index in [2.05, 4.69) is 6.07 Å². The maximum Gasteiger partial charge on any atom is 0.255 e. The summed E-state index contributed by atoms with van der Waals surface area (Å²) in [6.07, 6.45) is 0.229. The van der Waals surface area contributed by atoms with Crippen LogP contribution < -0.4 is 0 Å². The van der Waals surface area contributed by atoms with Crippen LogP contribution in [0.2, 0.25) is 0 Å². The smallest absolute Gasteiger partial charge is 0.255 e. The monoisotopic (exact) mass is 262 g/mol. The molecule has 94 valence electrons. The lowest BCUT2D eigenvalue weighted by Gasteiger charge is -2.17. The van der Waals surface area contributed by atoms with E-state index in [1.54, 1.807) is 11.0 Å². The number of hydrogen-bond acceptors (Lipinski definition) is 4. The summed E-state index contributed by atoms with van der Waals surface area (Å²) in [5.41, 5.74) is 0.617. The third-order valence-corrected chi connectivity index (χ3v) is 3.80. The molecule has 1 amide bonds. The van der Waals surface area contributed by atoms with Gasteiger partial charge in [0.2, 0.25) is 0 Å². The number of carbonyl (C=O) groups is 1. The van der Waals surface area contributed by atoms with E-state index in [1.165, 1.54) is 11.8 Å². The summed E-state index contributed by atoms with van der Waals surface area (Å²) in [7, 11) is 0. The molecule has 1 aromatic rings. The quantitative estimate of drug-likeness (QED) is 0.839. The minimum Gasteiger partial charge on any atom is -0.391 e. The maximum absolute atomic E-state index is 12.3. The molecule has 0 bridgehead atoms. The molecule has 1 aliphatic heterocycles. The van der Waals surface area contributed by atoms with Gasteiger partial charge in [-0.15, -0.1) is 11.8 Å². The van der Waals surface area contributed by atoms with Gasteiger partial charge < -0.3 is 10.0 Å². The molecule has 0 aliphatic carbocycles. The maximum atomic E-state index is 12.3. The standard InChI is InChI=1S/C13H14N2O2S/c14-6-8-18-12-4-2-1-3-11(12)13(17)15-7-5-10(16)9-15/h1-4,10,16H,5,7-9H2. The molecule has 1 aromatic carbocycles. The second kappa shape index (κ2) is 5.89. The Bertz CT molecular complexity index is 484. The largest absolute Gasteiger partial charge is 0.391 e. The average Bonchev–Trinajstić information content (AvgIpc) is 2.82. The normalized spacial score (nSPS) is 18.7. The molecule has 1 fully saturated rings. The number of nitriles is 1. The Balaban J connectivity index is 2.17. The van der Waals surface area contributed by atoms with Crippen LogP contribution in [0, 0.1) is 11.3 Å². The van der Waals surface area contributed by atoms with Crippen molar-refractivity contribution in [3.05, 3.63) is 29.8 Å². The van der Waals surface area contributed by atoms with Crippen LogP contribution in [0.25, 0.3) is 0 Å². The molecule has 5 heteroatoms. The Kier molecular flexibility index (Phi) is 4.24. The number of rotatable bonds is 3. The predicted octanol–water partition coefficient (Wildman–Crippen LogP) is 1.51. The van der Waals surface area contributed by atoms with Gasteiger partial charge in [-0.2, -0.15) is 5.26 Å². The van der Waals surface area contributed by atoms with Gasteiger partial charge in [0.05, 0.1) is 23.5 Å². The lowest BCUT2D eigenvalue weighted by atomic mass is 10.2. The first kappa shape index (κ1) is 12.9. The number of nitrogens with zero attached hydrogens (tertiary/aromatic N) is 2. The van der Waals surface area contributed by atoms with Gasteiger partial charge in [0.25, 0.3) is 5.91 Å². The summed E-state index contributed by atoms with van der Waals surface area (Å²) in [4.78, 5) is 14.8. The topological polar surface area (TPSA) is 64.3 Å². The number of likely N-dealkylation sites (tertiary alicyclic amines) is 1.